The van der Waals surface area contributed by atoms with Gasteiger partial charge < -0.3 is 19.8 Å². The van der Waals surface area contributed by atoms with Gasteiger partial charge in [-0.15, -0.1) is 24.8 Å². The van der Waals surface area contributed by atoms with Gasteiger partial charge in [0.05, 0.1) is 11.4 Å². The number of aromatic amines is 1. The van der Waals surface area contributed by atoms with Gasteiger partial charge in [-0.3, -0.25) is 14.6 Å². The fourth-order valence-electron chi connectivity index (χ4n) is 3.34. The summed E-state index contributed by atoms with van der Waals surface area (Å²) in [5, 5.41) is 3.29. The molecular formula is C19H22Cl2N6O2. The molecule has 3 aromatic rings. The van der Waals surface area contributed by atoms with Crippen LogP contribution in [0.1, 0.15) is 22.2 Å². The Bertz CT molecular complexity index is 1020. The molecule has 1 aliphatic rings. The van der Waals surface area contributed by atoms with Crippen molar-refractivity contribution in [2.75, 3.05) is 19.6 Å². The minimum absolute atomic E-state index is 0. The van der Waals surface area contributed by atoms with Crippen LogP contribution in [0.3, 0.4) is 0 Å². The second-order valence-corrected chi connectivity index (χ2v) is 6.44. The van der Waals surface area contributed by atoms with E-state index in [9.17, 15) is 9.59 Å². The summed E-state index contributed by atoms with van der Waals surface area (Å²) in [6.45, 7) is 1.79. The highest BCUT2D eigenvalue weighted by Gasteiger charge is 2.32. The molecule has 29 heavy (non-hydrogen) atoms. The van der Waals surface area contributed by atoms with Gasteiger partial charge in [0.15, 0.2) is 0 Å². The first-order valence-electron chi connectivity index (χ1n) is 8.79. The monoisotopic (exact) mass is 436 g/mol. The average Bonchev–Trinajstić information content (AvgIpc) is 3.14. The van der Waals surface area contributed by atoms with E-state index in [1.807, 2.05) is 29.9 Å². The lowest BCUT2D eigenvalue weighted by molar-refractivity contribution is 0.0619. The molecular weight excluding hydrogens is 415 g/mol. The van der Waals surface area contributed by atoms with Gasteiger partial charge in [-0.2, -0.15) is 0 Å². The lowest BCUT2D eigenvalue weighted by atomic mass is 10.1. The number of nitrogens with one attached hydrogen (secondary N) is 2. The van der Waals surface area contributed by atoms with E-state index in [2.05, 4.69) is 20.3 Å². The number of hydrogen-bond acceptors (Lipinski definition) is 5. The Balaban J connectivity index is 0.00000150. The fourth-order valence-corrected chi connectivity index (χ4v) is 3.34. The summed E-state index contributed by atoms with van der Waals surface area (Å²) in [5.41, 5.74) is 0.941. The quantitative estimate of drug-likeness (QED) is 0.652. The minimum atomic E-state index is -0.416. The fraction of sp³-hybridized carbons (Fsp3) is 0.263. The molecule has 0 bridgehead atoms. The minimum Gasteiger partial charge on any atom is -0.336 e. The first-order valence-corrected chi connectivity index (χ1v) is 8.79. The maximum absolute atomic E-state index is 13.1. The molecule has 1 aliphatic heterocycles. The molecule has 4 heterocycles. The lowest BCUT2D eigenvalue weighted by Gasteiger charge is -2.35. The first-order chi connectivity index (χ1) is 13.1. The summed E-state index contributed by atoms with van der Waals surface area (Å²) < 4.78 is 1.90. The Kier molecular flexibility index (Phi) is 7.55. The Hall–Kier alpha value is -2.68. The van der Waals surface area contributed by atoms with Crippen LogP contribution < -0.4 is 10.9 Å². The SMILES string of the molecule is Cl.Cl.Cn1ccnc1C1CNCCN1C(=O)c1ccc(-c2ccccn2)[nH]c1=O. The summed E-state index contributed by atoms with van der Waals surface area (Å²) in [7, 11) is 1.90. The number of halogens is 2. The molecule has 1 amide bonds. The van der Waals surface area contributed by atoms with E-state index >= 15 is 0 Å². The van der Waals surface area contributed by atoms with Crippen molar-refractivity contribution in [1.29, 1.82) is 0 Å². The zero-order chi connectivity index (χ0) is 18.8. The largest absolute Gasteiger partial charge is 0.336 e. The first kappa shape index (κ1) is 22.6. The molecule has 10 heteroatoms. The number of pyridine rings is 2. The number of imidazole rings is 1. The predicted octanol–water partition coefficient (Wildman–Crippen LogP) is 1.80. The van der Waals surface area contributed by atoms with Crippen molar-refractivity contribution >= 4 is 30.7 Å². The highest BCUT2D eigenvalue weighted by Crippen LogP contribution is 2.22. The molecule has 8 nitrogen and oxygen atoms in total. The standard InChI is InChI=1S/C19H20N6O2.2ClH/c1-24-10-9-22-17(24)16-12-20-8-11-25(16)19(27)13-5-6-15(23-18(13)26)14-4-2-3-7-21-14;;/h2-7,9-10,16,20H,8,11-12H2,1H3,(H,23,26);2*1H. The molecule has 0 spiro atoms. The van der Waals surface area contributed by atoms with Gasteiger partial charge in [0.1, 0.15) is 17.4 Å². The third-order valence-electron chi connectivity index (χ3n) is 4.74. The van der Waals surface area contributed by atoms with Crippen LogP contribution in [-0.2, 0) is 7.05 Å². The topological polar surface area (TPSA) is 95.9 Å². The summed E-state index contributed by atoms with van der Waals surface area (Å²) in [4.78, 5) is 38.8. The molecule has 0 saturated carbocycles. The number of piperazine rings is 1. The normalized spacial score (nSPS) is 15.9. The van der Waals surface area contributed by atoms with Crippen molar-refractivity contribution in [3.63, 3.8) is 0 Å². The number of rotatable bonds is 3. The van der Waals surface area contributed by atoms with E-state index in [4.69, 9.17) is 0 Å². The van der Waals surface area contributed by atoms with E-state index in [1.54, 1.807) is 35.5 Å². The number of aryl methyl sites for hydroxylation is 1. The van der Waals surface area contributed by atoms with E-state index in [-0.39, 0.29) is 42.3 Å². The number of aromatic nitrogens is 4. The summed E-state index contributed by atoms with van der Waals surface area (Å²) in [6, 6.07) is 8.53. The van der Waals surface area contributed by atoms with Gasteiger partial charge in [0, 0.05) is 45.3 Å². The number of H-pyrrole nitrogens is 1. The Morgan fingerprint density at radius 3 is 2.62 bits per heavy atom. The van der Waals surface area contributed by atoms with Crippen LogP contribution in [-0.4, -0.2) is 50.0 Å². The third kappa shape index (κ3) is 4.50. The van der Waals surface area contributed by atoms with Crippen LogP contribution >= 0.6 is 24.8 Å². The maximum Gasteiger partial charge on any atom is 0.261 e. The highest BCUT2D eigenvalue weighted by atomic mass is 35.5. The van der Waals surface area contributed by atoms with Crippen molar-refractivity contribution in [3.05, 3.63) is 70.7 Å². The zero-order valence-corrected chi connectivity index (χ0v) is 17.4. The van der Waals surface area contributed by atoms with Crippen LogP contribution in [0.15, 0.2) is 53.7 Å². The summed E-state index contributed by atoms with van der Waals surface area (Å²) in [5.74, 6) is 0.496. The summed E-state index contributed by atoms with van der Waals surface area (Å²) in [6.07, 6.45) is 5.22. The van der Waals surface area contributed by atoms with Crippen molar-refractivity contribution < 1.29 is 4.79 Å². The van der Waals surface area contributed by atoms with Crippen LogP contribution in [0.4, 0.5) is 0 Å². The zero-order valence-electron chi connectivity index (χ0n) is 15.7. The number of carbonyl (C=O) groups excluding carboxylic acids is 1. The van der Waals surface area contributed by atoms with Crippen LogP contribution in [0.5, 0.6) is 0 Å². The van der Waals surface area contributed by atoms with E-state index in [0.717, 1.165) is 5.82 Å². The molecule has 4 rings (SSSR count). The van der Waals surface area contributed by atoms with Gasteiger partial charge in [-0.25, -0.2) is 4.98 Å². The molecule has 1 fully saturated rings. The molecule has 2 N–H and O–H groups in total. The van der Waals surface area contributed by atoms with Gasteiger partial charge in [-0.05, 0) is 24.3 Å². The van der Waals surface area contributed by atoms with Crippen molar-refractivity contribution in [2.24, 2.45) is 7.05 Å². The molecule has 1 atom stereocenters. The van der Waals surface area contributed by atoms with E-state index in [1.165, 1.54) is 0 Å². The molecule has 3 aromatic heterocycles. The number of carbonyl (C=O) groups is 1. The van der Waals surface area contributed by atoms with Gasteiger partial charge >= 0.3 is 0 Å². The summed E-state index contributed by atoms with van der Waals surface area (Å²) >= 11 is 0. The number of hydrogen-bond donors (Lipinski definition) is 2. The molecule has 0 radical (unpaired) electrons. The smallest absolute Gasteiger partial charge is 0.261 e. The third-order valence-corrected chi connectivity index (χ3v) is 4.74. The van der Waals surface area contributed by atoms with Gasteiger partial charge in [0.25, 0.3) is 11.5 Å². The maximum atomic E-state index is 13.1. The van der Waals surface area contributed by atoms with Gasteiger partial charge in [-0.1, -0.05) is 6.07 Å². The predicted molar refractivity (Wildman–Crippen MR) is 115 cm³/mol. The molecule has 0 aromatic carbocycles. The van der Waals surface area contributed by atoms with Crippen molar-refractivity contribution in [2.45, 2.75) is 6.04 Å². The second-order valence-electron chi connectivity index (χ2n) is 6.44. The molecule has 1 unspecified atom stereocenters. The lowest BCUT2D eigenvalue weighted by Crippen LogP contribution is -2.50. The van der Waals surface area contributed by atoms with E-state index in [0.29, 0.717) is 31.0 Å². The van der Waals surface area contributed by atoms with Crippen molar-refractivity contribution in [3.8, 4) is 11.4 Å². The Labute approximate surface area is 180 Å². The number of amides is 1. The Morgan fingerprint density at radius 2 is 1.97 bits per heavy atom. The molecule has 0 aliphatic carbocycles. The second kappa shape index (κ2) is 9.69. The number of nitrogens with zero attached hydrogens (tertiary/aromatic N) is 4. The van der Waals surface area contributed by atoms with E-state index < -0.39 is 5.56 Å². The Morgan fingerprint density at radius 1 is 1.14 bits per heavy atom. The molecule has 154 valence electrons. The highest BCUT2D eigenvalue weighted by molar-refractivity contribution is 5.94. The van der Waals surface area contributed by atoms with Crippen LogP contribution in [0, 0.1) is 0 Å². The van der Waals surface area contributed by atoms with Gasteiger partial charge in [0.2, 0.25) is 0 Å². The van der Waals surface area contributed by atoms with Crippen LogP contribution in [0.25, 0.3) is 11.4 Å². The molecule has 1 saturated heterocycles. The van der Waals surface area contributed by atoms with Crippen molar-refractivity contribution in [1.82, 2.24) is 29.7 Å². The van der Waals surface area contributed by atoms with Crippen LogP contribution in [0.2, 0.25) is 0 Å². The average molecular weight is 437 g/mol.